The first-order valence-electron chi connectivity index (χ1n) is 4.73. The molecule has 0 bridgehead atoms. The molecule has 0 radical (unpaired) electrons. The van der Waals surface area contributed by atoms with Crippen LogP contribution in [0.3, 0.4) is 0 Å². The van der Waals surface area contributed by atoms with E-state index >= 15 is 0 Å². The summed E-state index contributed by atoms with van der Waals surface area (Å²) >= 11 is 0. The summed E-state index contributed by atoms with van der Waals surface area (Å²) in [5.41, 5.74) is 0. The average Bonchev–Trinajstić information content (AvgIpc) is 2.13. The lowest BCUT2D eigenvalue weighted by atomic mass is 9.96. The minimum absolute atomic E-state index is 0.179. The van der Waals surface area contributed by atoms with Crippen LogP contribution in [0.25, 0.3) is 0 Å². The fourth-order valence-corrected chi connectivity index (χ4v) is 1.19. The molecule has 0 saturated carbocycles. The molecule has 0 aromatic carbocycles. The lowest BCUT2D eigenvalue weighted by molar-refractivity contribution is -0.118. The van der Waals surface area contributed by atoms with E-state index in [1.807, 2.05) is 13.8 Å². The first-order chi connectivity index (χ1) is 6.40. The Morgan fingerprint density at radius 2 is 1.29 bits per heavy atom. The fraction of sp³-hybridized carbons (Fsp3) is 1.00. The van der Waals surface area contributed by atoms with Crippen LogP contribution in [0.15, 0.2) is 0 Å². The molecule has 0 fully saturated rings. The van der Waals surface area contributed by atoms with E-state index in [4.69, 9.17) is 10.2 Å². The van der Waals surface area contributed by atoms with E-state index in [-0.39, 0.29) is 5.92 Å². The first kappa shape index (κ1) is 13.8. The van der Waals surface area contributed by atoms with E-state index in [1.54, 1.807) is 0 Å². The minimum atomic E-state index is -1.52. The van der Waals surface area contributed by atoms with Crippen molar-refractivity contribution in [3.63, 3.8) is 0 Å². The summed E-state index contributed by atoms with van der Waals surface area (Å²) in [6.45, 7) is 3.09. The second-order valence-electron chi connectivity index (χ2n) is 3.93. The number of aliphatic hydroxyl groups is 5. The van der Waals surface area contributed by atoms with Crippen molar-refractivity contribution in [3.8, 4) is 0 Å². The molecular weight excluding hydrogens is 188 g/mol. The SMILES string of the molecule is CC(C)CC(O)[C@@H](O)[C@H](O)C(O)CO. The third-order valence-electron chi connectivity index (χ3n) is 2.04. The van der Waals surface area contributed by atoms with Gasteiger partial charge in [0.1, 0.15) is 18.3 Å². The topological polar surface area (TPSA) is 101 Å². The van der Waals surface area contributed by atoms with Gasteiger partial charge in [-0.3, -0.25) is 0 Å². The molecule has 0 rings (SSSR count). The van der Waals surface area contributed by atoms with Crippen LogP contribution in [0.1, 0.15) is 20.3 Å². The standard InChI is InChI=1S/C9H20O5/c1-5(2)3-6(11)8(13)9(14)7(12)4-10/h5-14H,3-4H2,1-2H3/t6?,7?,8-,9-/m1/s1. The molecular formula is C9H20O5. The van der Waals surface area contributed by atoms with Gasteiger partial charge in [0, 0.05) is 0 Å². The summed E-state index contributed by atoms with van der Waals surface area (Å²) in [6, 6.07) is 0. The second-order valence-corrected chi connectivity index (χ2v) is 3.93. The molecule has 14 heavy (non-hydrogen) atoms. The van der Waals surface area contributed by atoms with Gasteiger partial charge in [0.05, 0.1) is 12.7 Å². The van der Waals surface area contributed by atoms with E-state index in [0.717, 1.165) is 0 Å². The van der Waals surface area contributed by atoms with Crippen LogP contribution in [-0.2, 0) is 0 Å². The summed E-state index contributed by atoms with van der Waals surface area (Å²) in [7, 11) is 0. The van der Waals surface area contributed by atoms with Crippen LogP contribution in [0.2, 0.25) is 0 Å². The monoisotopic (exact) mass is 208 g/mol. The highest BCUT2D eigenvalue weighted by Crippen LogP contribution is 2.12. The van der Waals surface area contributed by atoms with Gasteiger partial charge >= 0.3 is 0 Å². The Balaban J connectivity index is 4.09. The zero-order valence-corrected chi connectivity index (χ0v) is 8.54. The predicted octanol–water partition coefficient (Wildman–Crippen LogP) is -1.53. The Kier molecular flexibility index (Phi) is 6.22. The van der Waals surface area contributed by atoms with Crippen LogP contribution in [0.4, 0.5) is 0 Å². The molecule has 86 valence electrons. The molecule has 0 spiro atoms. The molecule has 0 heterocycles. The largest absolute Gasteiger partial charge is 0.394 e. The Hall–Kier alpha value is -0.200. The summed E-state index contributed by atoms with van der Waals surface area (Å²) in [4.78, 5) is 0. The average molecular weight is 208 g/mol. The summed E-state index contributed by atoms with van der Waals surface area (Å²) in [5.74, 6) is 0.179. The fourth-order valence-electron chi connectivity index (χ4n) is 1.19. The Bertz CT molecular complexity index is 150. The van der Waals surface area contributed by atoms with Gasteiger partial charge in [-0.05, 0) is 12.3 Å². The van der Waals surface area contributed by atoms with Gasteiger partial charge in [0.2, 0.25) is 0 Å². The number of aliphatic hydroxyl groups excluding tert-OH is 5. The molecule has 5 heteroatoms. The molecule has 0 aliphatic rings. The third-order valence-corrected chi connectivity index (χ3v) is 2.04. The highest BCUT2D eigenvalue weighted by Gasteiger charge is 2.29. The van der Waals surface area contributed by atoms with E-state index in [0.29, 0.717) is 6.42 Å². The Morgan fingerprint density at radius 3 is 1.64 bits per heavy atom. The van der Waals surface area contributed by atoms with Gasteiger partial charge in [-0.25, -0.2) is 0 Å². The van der Waals surface area contributed by atoms with Crippen molar-refractivity contribution < 1.29 is 25.5 Å². The van der Waals surface area contributed by atoms with Crippen molar-refractivity contribution in [2.45, 2.75) is 44.7 Å². The van der Waals surface area contributed by atoms with Crippen LogP contribution in [0, 0.1) is 5.92 Å². The maximum Gasteiger partial charge on any atom is 0.110 e. The zero-order chi connectivity index (χ0) is 11.3. The minimum Gasteiger partial charge on any atom is -0.394 e. The van der Waals surface area contributed by atoms with E-state index in [2.05, 4.69) is 0 Å². The van der Waals surface area contributed by atoms with E-state index in [9.17, 15) is 15.3 Å². The Morgan fingerprint density at radius 1 is 0.857 bits per heavy atom. The van der Waals surface area contributed by atoms with Crippen LogP contribution < -0.4 is 0 Å². The maximum absolute atomic E-state index is 9.40. The smallest absolute Gasteiger partial charge is 0.110 e. The van der Waals surface area contributed by atoms with Crippen molar-refractivity contribution in [3.05, 3.63) is 0 Å². The van der Waals surface area contributed by atoms with Crippen molar-refractivity contribution >= 4 is 0 Å². The van der Waals surface area contributed by atoms with E-state index in [1.165, 1.54) is 0 Å². The Labute approximate surface area is 83.6 Å². The quantitative estimate of drug-likeness (QED) is 0.364. The zero-order valence-electron chi connectivity index (χ0n) is 8.54. The first-order valence-corrected chi connectivity index (χ1v) is 4.73. The molecule has 0 aromatic heterocycles. The summed E-state index contributed by atoms with van der Waals surface area (Å²) < 4.78 is 0. The molecule has 0 amide bonds. The lowest BCUT2D eigenvalue weighted by Gasteiger charge is -2.26. The van der Waals surface area contributed by atoms with Crippen molar-refractivity contribution in [2.75, 3.05) is 6.61 Å². The van der Waals surface area contributed by atoms with Gasteiger partial charge in [-0.2, -0.15) is 0 Å². The molecule has 2 unspecified atom stereocenters. The molecule has 5 N–H and O–H groups in total. The normalized spacial score (nSPS) is 20.6. The molecule has 0 aromatic rings. The van der Waals surface area contributed by atoms with Crippen LogP contribution in [-0.4, -0.2) is 56.6 Å². The maximum atomic E-state index is 9.40. The van der Waals surface area contributed by atoms with Gasteiger partial charge in [0.15, 0.2) is 0 Å². The molecule has 0 aliphatic carbocycles. The van der Waals surface area contributed by atoms with Gasteiger partial charge < -0.3 is 25.5 Å². The van der Waals surface area contributed by atoms with Gasteiger partial charge in [-0.1, -0.05) is 13.8 Å². The van der Waals surface area contributed by atoms with Crippen LogP contribution in [0.5, 0.6) is 0 Å². The molecule has 0 saturated heterocycles. The summed E-state index contributed by atoms with van der Waals surface area (Å²) in [6.07, 6.45) is -5.14. The van der Waals surface area contributed by atoms with E-state index < -0.39 is 31.0 Å². The second kappa shape index (κ2) is 6.31. The third kappa shape index (κ3) is 4.34. The number of hydrogen-bond donors (Lipinski definition) is 5. The van der Waals surface area contributed by atoms with Gasteiger partial charge in [-0.15, -0.1) is 0 Å². The number of rotatable bonds is 6. The van der Waals surface area contributed by atoms with Crippen molar-refractivity contribution in [1.29, 1.82) is 0 Å². The molecule has 5 nitrogen and oxygen atoms in total. The lowest BCUT2D eigenvalue weighted by Crippen LogP contribution is -2.46. The predicted molar refractivity (Wildman–Crippen MR) is 50.6 cm³/mol. The summed E-state index contributed by atoms with van der Waals surface area (Å²) in [5, 5.41) is 45.5. The number of hydrogen-bond acceptors (Lipinski definition) is 5. The van der Waals surface area contributed by atoms with Crippen molar-refractivity contribution in [2.24, 2.45) is 5.92 Å². The van der Waals surface area contributed by atoms with Crippen LogP contribution >= 0.6 is 0 Å². The molecule has 0 aliphatic heterocycles. The highest BCUT2D eigenvalue weighted by atomic mass is 16.4. The molecule has 4 atom stereocenters. The van der Waals surface area contributed by atoms with Gasteiger partial charge in [0.25, 0.3) is 0 Å². The highest BCUT2D eigenvalue weighted by molar-refractivity contribution is 4.80. The van der Waals surface area contributed by atoms with Crippen molar-refractivity contribution in [1.82, 2.24) is 0 Å².